The zero-order valence-electron chi connectivity index (χ0n) is 16.6. The first kappa shape index (κ1) is 20.9. The monoisotopic (exact) mass is 414 g/mol. The lowest BCUT2D eigenvalue weighted by molar-refractivity contribution is -0.151. The third kappa shape index (κ3) is 4.59. The fraction of sp³-hybridized carbons (Fsp3) is 0.318. The molecule has 1 saturated heterocycles. The van der Waals surface area contributed by atoms with Crippen LogP contribution in [0.5, 0.6) is 0 Å². The molecule has 0 saturated carbocycles. The normalized spacial score (nSPS) is 16.1. The van der Waals surface area contributed by atoms with E-state index in [9.17, 15) is 14.4 Å². The molecule has 1 atom stereocenters. The number of amides is 2. The van der Waals surface area contributed by atoms with Crippen molar-refractivity contribution in [2.45, 2.75) is 27.2 Å². The molecule has 2 aromatic carbocycles. The summed E-state index contributed by atoms with van der Waals surface area (Å²) < 4.78 is 5.15. The largest absolute Gasteiger partial charge is 0.455 e. The molecule has 152 valence electrons. The predicted octanol–water partition coefficient (Wildman–Crippen LogP) is 3.80. The molecule has 0 aliphatic carbocycles. The van der Waals surface area contributed by atoms with Gasteiger partial charge in [0.05, 0.1) is 5.92 Å². The summed E-state index contributed by atoms with van der Waals surface area (Å²) in [6, 6.07) is 10.9. The molecule has 7 heteroatoms. The van der Waals surface area contributed by atoms with Gasteiger partial charge in [-0.1, -0.05) is 29.8 Å². The molecular weight excluding hydrogens is 392 g/mol. The van der Waals surface area contributed by atoms with E-state index >= 15 is 0 Å². The average molecular weight is 415 g/mol. The topological polar surface area (TPSA) is 75.7 Å². The maximum absolute atomic E-state index is 12.4. The lowest BCUT2D eigenvalue weighted by Gasteiger charge is -2.20. The van der Waals surface area contributed by atoms with Gasteiger partial charge in [-0.25, -0.2) is 0 Å². The Hall–Kier alpha value is -2.86. The summed E-state index contributed by atoms with van der Waals surface area (Å²) >= 11 is 6.04. The van der Waals surface area contributed by atoms with E-state index in [-0.39, 0.29) is 18.9 Å². The van der Waals surface area contributed by atoms with Gasteiger partial charge in [0, 0.05) is 29.4 Å². The maximum Gasteiger partial charge on any atom is 0.311 e. The number of aryl methyl sites for hydroxylation is 1. The molecular formula is C22H23ClN2O4. The Labute approximate surface area is 174 Å². The maximum atomic E-state index is 12.4. The lowest BCUT2D eigenvalue weighted by Crippen LogP contribution is -2.28. The third-order valence-corrected chi connectivity index (χ3v) is 5.62. The number of esters is 1. The van der Waals surface area contributed by atoms with Crippen molar-refractivity contribution >= 4 is 40.8 Å². The van der Waals surface area contributed by atoms with Crippen molar-refractivity contribution in [3.05, 3.63) is 58.1 Å². The van der Waals surface area contributed by atoms with E-state index in [1.54, 1.807) is 30.0 Å². The van der Waals surface area contributed by atoms with Gasteiger partial charge in [-0.2, -0.15) is 0 Å². The first-order valence-electron chi connectivity index (χ1n) is 9.36. The van der Waals surface area contributed by atoms with E-state index < -0.39 is 24.4 Å². The molecule has 1 aliphatic rings. The average Bonchev–Trinajstić information content (AvgIpc) is 3.07. The van der Waals surface area contributed by atoms with Gasteiger partial charge in [-0.3, -0.25) is 14.4 Å². The summed E-state index contributed by atoms with van der Waals surface area (Å²) in [5.41, 5.74) is 4.19. The van der Waals surface area contributed by atoms with E-state index in [4.69, 9.17) is 16.3 Å². The Kier molecular flexibility index (Phi) is 6.23. The highest BCUT2D eigenvalue weighted by Gasteiger charge is 2.37. The molecule has 1 N–H and O–H groups in total. The summed E-state index contributed by atoms with van der Waals surface area (Å²) in [7, 11) is 0. The zero-order valence-corrected chi connectivity index (χ0v) is 17.4. The summed E-state index contributed by atoms with van der Waals surface area (Å²) in [6.45, 7) is 5.54. The summed E-state index contributed by atoms with van der Waals surface area (Å²) in [6.07, 6.45) is 0.0707. The van der Waals surface area contributed by atoms with Crippen LogP contribution in [0.1, 0.15) is 23.1 Å². The Morgan fingerprint density at radius 2 is 1.86 bits per heavy atom. The van der Waals surface area contributed by atoms with Crippen molar-refractivity contribution in [3.63, 3.8) is 0 Å². The molecule has 0 unspecified atom stereocenters. The molecule has 29 heavy (non-hydrogen) atoms. The van der Waals surface area contributed by atoms with Crippen LogP contribution in [0.25, 0.3) is 0 Å². The number of nitrogens with one attached hydrogen (secondary N) is 1. The smallest absolute Gasteiger partial charge is 0.311 e. The van der Waals surface area contributed by atoms with Gasteiger partial charge in [0.15, 0.2) is 6.61 Å². The minimum absolute atomic E-state index is 0.0707. The van der Waals surface area contributed by atoms with Crippen LogP contribution in [-0.4, -0.2) is 30.9 Å². The van der Waals surface area contributed by atoms with E-state index in [0.29, 0.717) is 10.7 Å². The molecule has 3 rings (SSSR count). The highest BCUT2D eigenvalue weighted by molar-refractivity contribution is 6.31. The van der Waals surface area contributed by atoms with Gasteiger partial charge in [0.1, 0.15) is 0 Å². The Morgan fingerprint density at radius 3 is 2.62 bits per heavy atom. The summed E-state index contributed by atoms with van der Waals surface area (Å²) in [5.74, 6) is -1.73. The number of rotatable bonds is 5. The van der Waals surface area contributed by atoms with Crippen LogP contribution in [0, 0.1) is 26.7 Å². The summed E-state index contributed by atoms with van der Waals surface area (Å²) in [4.78, 5) is 38.6. The number of carbonyl (C=O) groups excluding carboxylic acids is 3. The second-order valence-corrected chi connectivity index (χ2v) is 7.60. The molecule has 6 nitrogen and oxygen atoms in total. The van der Waals surface area contributed by atoms with E-state index in [1.807, 2.05) is 32.0 Å². The third-order valence-electron chi connectivity index (χ3n) is 5.21. The van der Waals surface area contributed by atoms with Gasteiger partial charge in [-0.15, -0.1) is 0 Å². The number of hydrogen-bond acceptors (Lipinski definition) is 4. The highest BCUT2D eigenvalue weighted by atomic mass is 35.5. The molecule has 1 aliphatic heterocycles. The van der Waals surface area contributed by atoms with Gasteiger partial charge in [-0.05, 0) is 55.7 Å². The van der Waals surface area contributed by atoms with Gasteiger partial charge >= 0.3 is 5.97 Å². The van der Waals surface area contributed by atoms with Crippen LogP contribution in [0.2, 0.25) is 5.02 Å². The van der Waals surface area contributed by atoms with Gasteiger partial charge in [0.2, 0.25) is 5.91 Å². The molecule has 1 fully saturated rings. The van der Waals surface area contributed by atoms with Crippen molar-refractivity contribution in [3.8, 4) is 0 Å². The SMILES string of the molecule is Cc1cccc(N2C[C@@H](C(=O)OCC(=O)Nc3cccc(Cl)c3C)CC2=O)c1C. The van der Waals surface area contributed by atoms with Gasteiger partial charge in [0.25, 0.3) is 5.91 Å². The molecule has 1 heterocycles. The van der Waals surface area contributed by atoms with Gasteiger partial charge < -0.3 is 15.0 Å². The van der Waals surface area contributed by atoms with Crippen LogP contribution in [-0.2, 0) is 19.1 Å². The standard InChI is InChI=1S/C22H23ClN2O4/c1-13-6-4-9-19(14(13)2)25-11-16(10-21(25)27)22(28)29-12-20(26)24-18-8-5-7-17(23)15(18)3/h4-9,16H,10-12H2,1-3H3,(H,24,26)/t16-/m0/s1. The van der Waals surface area contributed by atoms with Crippen LogP contribution in [0.4, 0.5) is 11.4 Å². The van der Waals surface area contributed by atoms with Crippen molar-refractivity contribution in [1.82, 2.24) is 0 Å². The number of carbonyl (C=O) groups is 3. The Morgan fingerprint density at radius 1 is 1.14 bits per heavy atom. The first-order chi connectivity index (χ1) is 13.8. The molecule has 2 amide bonds. The second-order valence-electron chi connectivity index (χ2n) is 7.19. The Balaban J connectivity index is 1.57. The number of hydrogen-bond donors (Lipinski definition) is 1. The lowest BCUT2D eigenvalue weighted by atomic mass is 10.1. The molecule has 0 spiro atoms. The fourth-order valence-electron chi connectivity index (χ4n) is 3.31. The molecule has 2 aromatic rings. The Bertz CT molecular complexity index is 973. The number of anilines is 2. The summed E-state index contributed by atoms with van der Waals surface area (Å²) in [5, 5.41) is 3.21. The van der Waals surface area contributed by atoms with E-state index in [0.717, 1.165) is 22.4 Å². The minimum Gasteiger partial charge on any atom is -0.455 e. The number of nitrogens with zero attached hydrogens (tertiary/aromatic N) is 1. The van der Waals surface area contributed by atoms with Crippen LogP contribution < -0.4 is 10.2 Å². The van der Waals surface area contributed by atoms with Crippen molar-refractivity contribution in [2.75, 3.05) is 23.4 Å². The predicted molar refractivity (Wildman–Crippen MR) is 112 cm³/mol. The molecule has 0 radical (unpaired) electrons. The van der Waals surface area contributed by atoms with Crippen molar-refractivity contribution < 1.29 is 19.1 Å². The number of ether oxygens (including phenoxy) is 1. The van der Waals surface area contributed by atoms with Crippen molar-refractivity contribution in [2.24, 2.45) is 5.92 Å². The van der Waals surface area contributed by atoms with E-state index in [2.05, 4.69) is 5.32 Å². The van der Waals surface area contributed by atoms with Crippen LogP contribution in [0.15, 0.2) is 36.4 Å². The first-order valence-corrected chi connectivity index (χ1v) is 9.74. The fourth-order valence-corrected chi connectivity index (χ4v) is 3.48. The van der Waals surface area contributed by atoms with Crippen LogP contribution in [0.3, 0.4) is 0 Å². The number of benzene rings is 2. The van der Waals surface area contributed by atoms with Crippen molar-refractivity contribution in [1.29, 1.82) is 0 Å². The molecule has 0 aromatic heterocycles. The number of halogens is 1. The van der Waals surface area contributed by atoms with Crippen LogP contribution >= 0.6 is 11.6 Å². The highest BCUT2D eigenvalue weighted by Crippen LogP contribution is 2.30. The quantitative estimate of drug-likeness (QED) is 0.755. The second kappa shape index (κ2) is 8.66. The zero-order chi connectivity index (χ0) is 21.1. The van der Waals surface area contributed by atoms with E-state index in [1.165, 1.54) is 0 Å². The minimum atomic E-state index is -0.594. The molecule has 0 bridgehead atoms.